The molecule has 0 saturated carbocycles. The Balaban J connectivity index is 2.57. The maximum absolute atomic E-state index is 13.4. The minimum absolute atomic E-state index is 0.0893. The second-order valence-electron chi connectivity index (χ2n) is 3.45. The number of amides is 1. The summed E-state index contributed by atoms with van der Waals surface area (Å²) in [5.41, 5.74) is 0.311. The zero-order chi connectivity index (χ0) is 12.7. The largest absolute Gasteiger partial charge is 0.385 e. The maximum atomic E-state index is 13.4. The van der Waals surface area contributed by atoms with Gasteiger partial charge in [0.05, 0.1) is 17.3 Å². The summed E-state index contributed by atoms with van der Waals surface area (Å²) in [7, 11) is 1.55. The molecule has 0 aromatic heterocycles. The van der Waals surface area contributed by atoms with Crippen LogP contribution in [0.1, 0.15) is 18.4 Å². The smallest absolute Gasteiger partial charge is 0.224 e. The molecule has 1 rings (SSSR count). The zero-order valence-corrected chi connectivity index (χ0v) is 9.50. The molecule has 1 N–H and O–H groups in total. The van der Waals surface area contributed by atoms with E-state index in [0.29, 0.717) is 13.0 Å². The van der Waals surface area contributed by atoms with Crippen LogP contribution in [0, 0.1) is 17.1 Å². The van der Waals surface area contributed by atoms with Crippen molar-refractivity contribution in [3.05, 3.63) is 29.6 Å². The summed E-state index contributed by atoms with van der Waals surface area (Å²) in [5.74, 6) is -0.880. The Hall–Kier alpha value is -1.93. The van der Waals surface area contributed by atoms with Crippen LogP contribution < -0.4 is 5.32 Å². The lowest BCUT2D eigenvalue weighted by Gasteiger charge is -2.06. The molecule has 1 aromatic rings. The van der Waals surface area contributed by atoms with Gasteiger partial charge in [-0.15, -0.1) is 0 Å². The molecule has 5 heteroatoms. The van der Waals surface area contributed by atoms with Gasteiger partial charge in [-0.25, -0.2) is 4.39 Å². The first-order valence-electron chi connectivity index (χ1n) is 5.16. The molecule has 0 atom stereocenters. The fourth-order valence-corrected chi connectivity index (χ4v) is 1.28. The second-order valence-corrected chi connectivity index (χ2v) is 3.45. The van der Waals surface area contributed by atoms with E-state index < -0.39 is 5.82 Å². The number of benzene rings is 1. The van der Waals surface area contributed by atoms with Gasteiger partial charge in [-0.3, -0.25) is 4.79 Å². The van der Waals surface area contributed by atoms with Crippen molar-refractivity contribution in [3.63, 3.8) is 0 Å². The van der Waals surface area contributed by atoms with Crippen molar-refractivity contribution >= 4 is 11.6 Å². The highest BCUT2D eigenvalue weighted by Crippen LogP contribution is 2.15. The third-order valence-corrected chi connectivity index (χ3v) is 2.12. The van der Waals surface area contributed by atoms with Gasteiger partial charge >= 0.3 is 0 Å². The molecule has 0 aliphatic heterocycles. The average Bonchev–Trinajstić information content (AvgIpc) is 2.32. The molecule has 0 aliphatic rings. The highest BCUT2D eigenvalue weighted by atomic mass is 19.1. The Morgan fingerprint density at radius 3 is 2.94 bits per heavy atom. The third-order valence-electron chi connectivity index (χ3n) is 2.12. The Morgan fingerprint density at radius 1 is 1.59 bits per heavy atom. The Bertz CT molecular complexity index is 441. The first-order chi connectivity index (χ1) is 8.17. The van der Waals surface area contributed by atoms with E-state index in [-0.39, 0.29) is 23.6 Å². The number of halogens is 1. The summed E-state index contributed by atoms with van der Waals surface area (Å²) >= 11 is 0. The van der Waals surface area contributed by atoms with E-state index in [9.17, 15) is 9.18 Å². The summed E-state index contributed by atoms with van der Waals surface area (Å²) < 4.78 is 18.2. The second kappa shape index (κ2) is 6.61. The van der Waals surface area contributed by atoms with Gasteiger partial charge in [0, 0.05) is 20.1 Å². The predicted octanol–water partition coefficient (Wildman–Crippen LogP) is 2.06. The van der Waals surface area contributed by atoms with Gasteiger partial charge in [-0.05, 0) is 24.6 Å². The van der Waals surface area contributed by atoms with Crippen LogP contribution in [-0.4, -0.2) is 19.6 Å². The van der Waals surface area contributed by atoms with Crippen LogP contribution in [0.15, 0.2) is 18.2 Å². The van der Waals surface area contributed by atoms with Gasteiger partial charge in [0.2, 0.25) is 5.91 Å². The molecule has 0 unspecified atom stereocenters. The van der Waals surface area contributed by atoms with Crippen LogP contribution in [0.2, 0.25) is 0 Å². The van der Waals surface area contributed by atoms with Crippen LogP contribution >= 0.6 is 0 Å². The molecule has 90 valence electrons. The molecule has 0 saturated heterocycles. The van der Waals surface area contributed by atoms with Gasteiger partial charge in [0.25, 0.3) is 0 Å². The molecular weight excluding hydrogens is 223 g/mol. The molecule has 0 radical (unpaired) electrons. The van der Waals surface area contributed by atoms with E-state index in [1.54, 1.807) is 7.11 Å². The molecule has 4 nitrogen and oxygen atoms in total. The minimum atomic E-state index is -0.607. The first kappa shape index (κ1) is 13.1. The lowest BCUT2D eigenvalue weighted by molar-refractivity contribution is -0.116. The number of nitrogens with zero attached hydrogens (tertiary/aromatic N) is 1. The fourth-order valence-electron chi connectivity index (χ4n) is 1.28. The van der Waals surface area contributed by atoms with Crippen molar-refractivity contribution < 1.29 is 13.9 Å². The number of methoxy groups -OCH3 is 1. The van der Waals surface area contributed by atoms with E-state index in [2.05, 4.69) is 5.32 Å². The zero-order valence-electron chi connectivity index (χ0n) is 9.50. The van der Waals surface area contributed by atoms with Crippen molar-refractivity contribution in [1.29, 1.82) is 5.26 Å². The van der Waals surface area contributed by atoms with Gasteiger partial charge < -0.3 is 10.1 Å². The standard InChI is InChI=1S/C12H13FN2O2/c1-17-6-2-3-12(16)15-11-5-4-9(8-14)7-10(11)13/h4-5,7H,2-3,6H2,1H3,(H,15,16). The predicted molar refractivity (Wildman–Crippen MR) is 60.9 cm³/mol. The lowest BCUT2D eigenvalue weighted by atomic mass is 10.2. The molecule has 1 amide bonds. The normalized spacial score (nSPS) is 9.71. The Kier molecular flexibility index (Phi) is 5.11. The van der Waals surface area contributed by atoms with Crippen molar-refractivity contribution in [3.8, 4) is 6.07 Å². The summed E-state index contributed by atoms with van der Waals surface area (Å²) in [5, 5.41) is 11.0. The number of nitriles is 1. The number of carbonyl (C=O) groups is 1. The topological polar surface area (TPSA) is 62.1 Å². The number of nitrogens with one attached hydrogen (secondary N) is 1. The highest BCUT2D eigenvalue weighted by Gasteiger charge is 2.07. The monoisotopic (exact) mass is 236 g/mol. The minimum Gasteiger partial charge on any atom is -0.385 e. The first-order valence-corrected chi connectivity index (χ1v) is 5.16. The maximum Gasteiger partial charge on any atom is 0.224 e. The highest BCUT2D eigenvalue weighted by molar-refractivity contribution is 5.90. The van der Waals surface area contributed by atoms with Crippen LogP contribution in [0.4, 0.5) is 10.1 Å². The van der Waals surface area contributed by atoms with Gasteiger partial charge in [-0.2, -0.15) is 5.26 Å². The summed E-state index contributed by atoms with van der Waals surface area (Å²) in [6.45, 7) is 0.489. The summed E-state index contributed by atoms with van der Waals surface area (Å²) in [4.78, 5) is 11.4. The third kappa shape index (κ3) is 4.21. The van der Waals surface area contributed by atoms with E-state index in [4.69, 9.17) is 10.00 Å². The molecular formula is C12H13FN2O2. The molecule has 0 bridgehead atoms. The van der Waals surface area contributed by atoms with Crippen molar-refractivity contribution in [2.45, 2.75) is 12.8 Å². The van der Waals surface area contributed by atoms with Crippen LogP contribution in [0.3, 0.4) is 0 Å². The number of carbonyl (C=O) groups excluding carboxylic acids is 1. The SMILES string of the molecule is COCCCC(=O)Nc1ccc(C#N)cc1F. The van der Waals surface area contributed by atoms with E-state index >= 15 is 0 Å². The average molecular weight is 236 g/mol. The molecule has 0 fully saturated rings. The number of ether oxygens (including phenoxy) is 1. The number of anilines is 1. The van der Waals surface area contributed by atoms with Gasteiger partial charge in [-0.1, -0.05) is 0 Å². The van der Waals surface area contributed by atoms with E-state index in [1.807, 2.05) is 6.07 Å². The van der Waals surface area contributed by atoms with Crippen LogP contribution in [0.5, 0.6) is 0 Å². The van der Waals surface area contributed by atoms with Gasteiger partial charge in [0.1, 0.15) is 5.82 Å². The molecule has 0 heterocycles. The van der Waals surface area contributed by atoms with Crippen molar-refractivity contribution in [1.82, 2.24) is 0 Å². The van der Waals surface area contributed by atoms with Crippen LogP contribution in [-0.2, 0) is 9.53 Å². The van der Waals surface area contributed by atoms with Crippen molar-refractivity contribution in [2.24, 2.45) is 0 Å². The summed E-state index contributed by atoms with van der Waals surface area (Å²) in [6.07, 6.45) is 0.855. The summed E-state index contributed by atoms with van der Waals surface area (Å²) in [6, 6.07) is 5.74. The van der Waals surface area contributed by atoms with Crippen LogP contribution in [0.25, 0.3) is 0 Å². The van der Waals surface area contributed by atoms with E-state index in [0.717, 1.165) is 6.07 Å². The molecule has 0 aliphatic carbocycles. The number of hydrogen-bond donors (Lipinski definition) is 1. The molecule has 17 heavy (non-hydrogen) atoms. The van der Waals surface area contributed by atoms with Crippen molar-refractivity contribution in [2.75, 3.05) is 19.0 Å². The Labute approximate surface area is 99.0 Å². The Morgan fingerprint density at radius 2 is 2.35 bits per heavy atom. The number of hydrogen-bond acceptors (Lipinski definition) is 3. The van der Waals surface area contributed by atoms with E-state index in [1.165, 1.54) is 12.1 Å². The molecule has 0 spiro atoms. The number of rotatable bonds is 5. The van der Waals surface area contributed by atoms with Gasteiger partial charge in [0.15, 0.2) is 0 Å². The lowest BCUT2D eigenvalue weighted by Crippen LogP contribution is -2.13. The quantitative estimate of drug-likeness (QED) is 0.796. The molecule has 1 aromatic carbocycles. The fraction of sp³-hybridized carbons (Fsp3) is 0.333.